The van der Waals surface area contributed by atoms with Gasteiger partial charge < -0.3 is 24.8 Å². The Morgan fingerprint density at radius 1 is 1.18 bits per heavy atom. The number of rotatable bonds is 7. The molecule has 3 rings (SSSR count). The maximum absolute atomic E-state index is 13.7. The van der Waals surface area contributed by atoms with E-state index >= 15 is 0 Å². The number of ether oxygens (including phenoxy) is 3. The lowest BCUT2D eigenvalue weighted by atomic mass is 9.86. The first-order chi connectivity index (χ1) is 15.6. The van der Waals surface area contributed by atoms with Crippen molar-refractivity contribution in [3.63, 3.8) is 0 Å². The molecule has 3 atom stereocenters. The van der Waals surface area contributed by atoms with E-state index in [1.54, 1.807) is 23.1 Å². The Balaban J connectivity index is 1.46. The summed E-state index contributed by atoms with van der Waals surface area (Å²) in [7, 11) is 0. The third-order valence-corrected chi connectivity index (χ3v) is 5.58. The summed E-state index contributed by atoms with van der Waals surface area (Å²) in [5.74, 6) is 0.636. The molecule has 7 heteroatoms. The van der Waals surface area contributed by atoms with E-state index in [9.17, 15) is 9.18 Å². The summed E-state index contributed by atoms with van der Waals surface area (Å²) in [6.45, 7) is 9.12. The van der Waals surface area contributed by atoms with E-state index < -0.39 is 5.60 Å². The highest BCUT2D eigenvalue weighted by Gasteiger charge is 2.32. The van der Waals surface area contributed by atoms with Gasteiger partial charge in [-0.15, -0.1) is 0 Å². The van der Waals surface area contributed by atoms with Gasteiger partial charge in [-0.05, 0) is 57.9 Å². The number of halogens is 1. The van der Waals surface area contributed by atoms with Gasteiger partial charge in [-0.2, -0.15) is 0 Å². The Morgan fingerprint density at radius 3 is 2.52 bits per heavy atom. The number of hydrogen-bond acceptors (Lipinski definition) is 5. The van der Waals surface area contributed by atoms with Crippen LogP contribution >= 0.6 is 0 Å². The predicted molar refractivity (Wildman–Crippen MR) is 126 cm³/mol. The predicted octanol–water partition coefficient (Wildman–Crippen LogP) is 4.86. The molecule has 0 saturated carbocycles. The summed E-state index contributed by atoms with van der Waals surface area (Å²) < 4.78 is 30.7. The topological polar surface area (TPSA) is 74.0 Å². The maximum atomic E-state index is 13.7. The van der Waals surface area contributed by atoms with Crippen LogP contribution in [0.25, 0.3) is 0 Å². The summed E-state index contributed by atoms with van der Waals surface area (Å²) in [6.07, 6.45) is 0.281. The van der Waals surface area contributed by atoms with Gasteiger partial charge in [0, 0.05) is 30.6 Å². The minimum absolute atomic E-state index is 0.162. The second-order valence-corrected chi connectivity index (χ2v) is 9.58. The lowest BCUT2D eigenvalue weighted by Gasteiger charge is -2.37. The molecule has 1 fully saturated rings. The third-order valence-electron chi connectivity index (χ3n) is 5.58. The molecule has 3 unspecified atom stereocenters. The lowest BCUT2D eigenvalue weighted by molar-refractivity contribution is 0.0185. The second-order valence-electron chi connectivity index (χ2n) is 9.58. The average molecular weight is 459 g/mol. The highest BCUT2D eigenvalue weighted by Crippen LogP contribution is 2.29. The molecule has 33 heavy (non-hydrogen) atoms. The fraction of sp³-hybridized carbons (Fsp3) is 0.500. The number of nitrogens with two attached hydrogens (primary N) is 1. The molecule has 1 aliphatic rings. The van der Waals surface area contributed by atoms with Crippen LogP contribution in [0.5, 0.6) is 5.75 Å². The number of benzene rings is 2. The Labute approximate surface area is 195 Å². The molecule has 0 radical (unpaired) electrons. The summed E-state index contributed by atoms with van der Waals surface area (Å²) in [5.41, 5.74) is 7.55. The first-order valence-electron chi connectivity index (χ1n) is 11.4. The van der Waals surface area contributed by atoms with Crippen LogP contribution in [-0.4, -0.2) is 48.4 Å². The number of hydrogen-bond donors (Lipinski definition) is 1. The molecule has 0 aromatic heterocycles. The molecule has 2 aromatic carbocycles. The molecule has 2 aromatic rings. The van der Waals surface area contributed by atoms with Gasteiger partial charge >= 0.3 is 6.09 Å². The zero-order valence-electron chi connectivity index (χ0n) is 19.9. The minimum Gasteiger partial charge on any atom is -0.491 e. The van der Waals surface area contributed by atoms with Gasteiger partial charge in [0.2, 0.25) is 0 Å². The van der Waals surface area contributed by atoms with Crippen molar-refractivity contribution in [3.8, 4) is 5.75 Å². The average Bonchev–Trinajstić information content (AvgIpc) is 2.76. The van der Waals surface area contributed by atoms with Crippen molar-refractivity contribution in [2.24, 2.45) is 5.73 Å². The second kappa shape index (κ2) is 11.0. The first-order valence-corrected chi connectivity index (χ1v) is 11.4. The zero-order chi connectivity index (χ0) is 24.0. The van der Waals surface area contributed by atoms with Crippen LogP contribution in [0.4, 0.5) is 9.18 Å². The van der Waals surface area contributed by atoms with Crippen LogP contribution in [0, 0.1) is 5.82 Å². The van der Waals surface area contributed by atoms with Gasteiger partial charge in [0.25, 0.3) is 0 Å². The zero-order valence-corrected chi connectivity index (χ0v) is 19.9. The quantitative estimate of drug-likeness (QED) is 0.641. The highest BCUT2D eigenvalue weighted by atomic mass is 19.1. The number of amides is 1. The summed E-state index contributed by atoms with van der Waals surface area (Å²) >= 11 is 0. The van der Waals surface area contributed by atoms with Crippen molar-refractivity contribution >= 4 is 6.09 Å². The van der Waals surface area contributed by atoms with E-state index in [1.807, 2.05) is 52.0 Å². The van der Waals surface area contributed by atoms with Crippen molar-refractivity contribution in [1.82, 2.24) is 4.90 Å². The lowest BCUT2D eigenvalue weighted by Crippen LogP contribution is -2.50. The molecule has 180 valence electrons. The van der Waals surface area contributed by atoms with Gasteiger partial charge in [0.15, 0.2) is 0 Å². The number of carbonyl (C=O) groups is 1. The Hall–Kier alpha value is -2.64. The minimum atomic E-state index is -0.520. The van der Waals surface area contributed by atoms with E-state index in [0.717, 1.165) is 17.7 Å². The molecule has 6 nitrogen and oxygen atoms in total. The van der Waals surface area contributed by atoms with Gasteiger partial charge in [0.1, 0.15) is 23.8 Å². The SMILES string of the molecule is CC(COc1ccc(C2CCN(C(=O)OC(C)(C)C)CC2N)cc1)OCc1ccccc1F. The van der Waals surface area contributed by atoms with Gasteiger partial charge in [-0.1, -0.05) is 30.3 Å². The molecule has 0 aliphatic carbocycles. The monoisotopic (exact) mass is 458 g/mol. The third kappa shape index (κ3) is 7.44. The summed E-state index contributed by atoms with van der Waals surface area (Å²) in [4.78, 5) is 14.0. The van der Waals surface area contributed by atoms with Crippen molar-refractivity contribution in [2.75, 3.05) is 19.7 Å². The van der Waals surface area contributed by atoms with E-state index in [4.69, 9.17) is 19.9 Å². The largest absolute Gasteiger partial charge is 0.491 e. The summed E-state index contributed by atoms with van der Waals surface area (Å²) in [6, 6.07) is 14.3. The first kappa shape index (κ1) is 25.0. The fourth-order valence-electron chi connectivity index (χ4n) is 3.81. The Morgan fingerprint density at radius 2 is 1.88 bits per heavy atom. The molecule has 1 amide bonds. The van der Waals surface area contributed by atoms with Crippen LogP contribution < -0.4 is 10.5 Å². The van der Waals surface area contributed by atoms with E-state index in [1.165, 1.54) is 6.07 Å². The van der Waals surface area contributed by atoms with Gasteiger partial charge in [-0.25, -0.2) is 9.18 Å². The number of piperidine rings is 1. The Kier molecular flexibility index (Phi) is 8.32. The fourth-order valence-corrected chi connectivity index (χ4v) is 3.81. The normalized spacial score (nSPS) is 19.8. The molecule has 2 N–H and O–H groups in total. The molecular formula is C26H35FN2O4. The van der Waals surface area contributed by atoms with Gasteiger partial charge in [0.05, 0.1) is 12.7 Å². The van der Waals surface area contributed by atoms with Crippen molar-refractivity contribution in [1.29, 1.82) is 0 Å². The van der Waals surface area contributed by atoms with Crippen LogP contribution in [0.3, 0.4) is 0 Å². The molecule has 1 aliphatic heterocycles. The smallest absolute Gasteiger partial charge is 0.410 e. The molecule has 0 bridgehead atoms. The van der Waals surface area contributed by atoms with E-state index in [-0.39, 0.29) is 36.6 Å². The van der Waals surface area contributed by atoms with Crippen LogP contribution in [0.15, 0.2) is 48.5 Å². The number of carbonyl (C=O) groups excluding carboxylic acids is 1. The van der Waals surface area contributed by atoms with E-state index in [0.29, 0.717) is 25.3 Å². The number of nitrogens with zero attached hydrogens (tertiary/aromatic N) is 1. The molecule has 1 heterocycles. The number of likely N-dealkylation sites (tertiary alicyclic amines) is 1. The molecule has 0 spiro atoms. The van der Waals surface area contributed by atoms with Crippen LogP contribution in [-0.2, 0) is 16.1 Å². The highest BCUT2D eigenvalue weighted by molar-refractivity contribution is 5.68. The van der Waals surface area contributed by atoms with Crippen LogP contribution in [0.2, 0.25) is 0 Å². The molecule has 1 saturated heterocycles. The summed E-state index contributed by atoms with van der Waals surface area (Å²) in [5, 5.41) is 0. The standard InChI is InChI=1S/C26H35FN2O4/c1-18(31-17-20-7-5-6-8-23(20)27)16-32-21-11-9-19(10-12-21)22-13-14-29(15-24(22)28)25(30)33-26(2,3)4/h5-12,18,22,24H,13-17,28H2,1-4H3. The van der Waals surface area contributed by atoms with Gasteiger partial charge in [-0.3, -0.25) is 0 Å². The van der Waals surface area contributed by atoms with E-state index in [2.05, 4.69) is 0 Å². The Bertz CT molecular complexity index is 913. The molecular weight excluding hydrogens is 423 g/mol. The van der Waals surface area contributed by atoms with Crippen LogP contribution in [0.1, 0.15) is 51.2 Å². The van der Waals surface area contributed by atoms with Crippen molar-refractivity contribution in [2.45, 2.75) is 64.4 Å². The van der Waals surface area contributed by atoms with Crippen molar-refractivity contribution < 1.29 is 23.4 Å². The maximum Gasteiger partial charge on any atom is 0.410 e. The van der Waals surface area contributed by atoms with Crippen molar-refractivity contribution in [3.05, 3.63) is 65.5 Å².